The molecule has 32 heavy (non-hydrogen) atoms. The topological polar surface area (TPSA) is 55.6 Å². The van der Waals surface area contributed by atoms with Crippen LogP contribution in [0.15, 0.2) is 59.1 Å². The van der Waals surface area contributed by atoms with Crippen LogP contribution < -0.4 is 4.74 Å². The normalized spacial score (nSPS) is 16.8. The van der Waals surface area contributed by atoms with Crippen LogP contribution in [0.3, 0.4) is 0 Å². The van der Waals surface area contributed by atoms with Crippen molar-refractivity contribution in [2.75, 3.05) is 13.1 Å². The van der Waals surface area contributed by atoms with Crippen molar-refractivity contribution >= 4 is 5.91 Å². The summed E-state index contributed by atoms with van der Waals surface area (Å²) in [6.45, 7) is 4.56. The second kappa shape index (κ2) is 9.10. The predicted molar refractivity (Wildman–Crippen MR) is 115 cm³/mol. The van der Waals surface area contributed by atoms with Gasteiger partial charge in [0, 0.05) is 19.5 Å². The lowest BCUT2D eigenvalue weighted by Crippen LogP contribution is -2.51. The highest BCUT2D eigenvalue weighted by molar-refractivity contribution is 5.85. The monoisotopic (exact) mass is 440 g/mol. The van der Waals surface area contributed by atoms with Crippen LogP contribution >= 0.6 is 0 Å². The van der Waals surface area contributed by atoms with Crippen molar-refractivity contribution < 1.29 is 22.7 Å². The van der Waals surface area contributed by atoms with Crippen molar-refractivity contribution in [3.05, 3.63) is 83.6 Å². The summed E-state index contributed by atoms with van der Waals surface area (Å²) in [5, 5.41) is 0. The standard InChI is InChI=1S/C25H26F2N2O3/c1-25(2,32-21-11-9-20(27)10-12-21)24(30)29-13-3-4-18(16-29)23-28-15-22(31-23)14-17-5-7-19(26)8-6-17/h5-12,15,18H,3-4,13-14,16H2,1-2H3. The van der Waals surface area contributed by atoms with E-state index in [9.17, 15) is 13.6 Å². The highest BCUT2D eigenvalue weighted by atomic mass is 19.1. The van der Waals surface area contributed by atoms with E-state index >= 15 is 0 Å². The highest BCUT2D eigenvalue weighted by Crippen LogP contribution is 2.29. The van der Waals surface area contributed by atoms with Crippen LogP contribution in [0.4, 0.5) is 8.78 Å². The molecule has 1 saturated heterocycles. The van der Waals surface area contributed by atoms with Gasteiger partial charge in [0.1, 0.15) is 23.1 Å². The van der Waals surface area contributed by atoms with E-state index in [0.29, 0.717) is 36.9 Å². The van der Waals surface area contributed by atoms with Crippen molar-refractivity contribution in [3.63, 3.8) is 0 Å². The Hall–Kier alpha value is -3.22. The molecule has 4 rings (SSSR count). The number of ether oxygens (including phenoxy) is 1. The fourth-order valence-corrected chi connectivity index (χ4v) is 3.98. The molecule has 1 amide bonds. The molecule has 5 nitrogen and oxygen atoms in total. The number of nitrogens with zero attached hydrogens (tertiary/aromatic N) is 2. The minimum Gasteiger partial charge on any atom is -0.478 e. The molecular formula is C25H26F2N2O3. The molecule has 0 radical (unpaired) electrons. The Morgan fingerprint density at radius 3 is 2.47 bits per heavy atom. The number of piperidine rings is 1. The van der Waals surface area contributed by atoms with Gasteiger partial charge in [0.2, 0.25) is 0 Å². The lowest BCUT2D eigenvalue weighted by Gasteiger charge is -2.36. The maximum Gasteiger partial charge on any atom is 0.266 e. The van der Waals surface area contributed by atoms with Gasteiger partial charge in [-0.2, -0.15) is 0 Å². The molecule has 0 N–H and O–H groups in total. The summed E-state index contributed by atoms with van der Waals surface area (Å²) in [4.78, 5) is 19.4. The van der Waals surface area contributed by atoms with Gasteiger partial charge in [0.25, 0.3) is 5.91 Å². The molecule has 2 aromatic carbocycles. The molecule has 1 aromatic heterocycles. The second-order valence-electron chi connectivity index (χ2n) is 8.62. The first kappa shape index (κ1) is 22.0. The van der Waals surface area contributed by atoms with Gasteiger partial charge >= 0.3 is 0 Å². The number of oxazole rings is 1. The Morgan fingerprint density at radius 1 is 1.12 bits per heavy atom. The van der Waals surface area contributed by atoms with E-state index in [0.717, 1.165) is 18.4 Å². The zero-order chi connectivity index (χ0) is 22.7. The highest BCUT2D eigenvalue weighted by Gasteiger charge is 2.37. The molecule has 0 bridgehead atoms. The van der Waals surface area contributed by atoms with Crippen LogP contribution in [0.25, 0.3) is 0 Å². The van der Waals surface area contributed by atoms with Crippen LogP contribution in [0.5, 0.6) is 5.75 Å². The molecule has 1 aliphatic heterocycles. The van der Waals surface area contributed by atoms with Crippen LogP contribution in [0.1, 0.15) is 49.8 Å². The van der Waals surface area contributed by atoms with E-state index in [-0.39, 0.29) is 23.5 Å². The van der Waals surface area contributed by atoms with E-state index in [4.69, 9.17) is 9.15 Å². The number of amides is 1. The van der Waals surface area contributed by atoms with Gasteiger partial charge in [-0.25, -0.2) is 13.8 Å². The Bertz CT molecular complexity index is 1060. The van der Waals surface area contributed by atoms with Crippen molar-refractivity contribution in [2.24, 2.45) is 0 Å². The molecule has 1 atom stereocenters. The fraction of sp³-hybridized carbons (Fsp3) is 0.360. The zero-order valence-electron chi connectivity index (χ0n) is 18.2. The maximum atomic E-state index is 13.2. The fourth-order valence-electron chi connectivity index (χ4n) is 3.98. The Labute approximate surface area is 186 Å². The molecule has 7 heteroatoms. The number of aromatic nitrogens is 1. The van der Waals surface area contributed by atoms with E-state index < -0.39 is 5.60 Å². The van der Waals surface area contributed by atoms with Crippen LogP contribution in [0, 0.1) is 11.6 Å². The third kappa shape index (κ3) is 5.15. The van der Waals surface area contributed by atoms with Crippen molar-refractivity contribution in [2.45, 2.75) is 44.6 Å². The molecule has 168 valence electrons. The summed E-state index contributed by atoms with van der Waals surface area (Å²) >= 11 is 0. The average molecular weight is 440 g/mol. The quantitative estimate of drug-likeness (QED) is 0.535. The van der Waals surface area contributed by atoms with Crippen molar-refractivity contribution in [3.8, 4) is 5.75 Å². The molecule has 0 saturated carbocycles. The number of hydrogen-bond donors (Lipinski definition) is 0. The van der Waals surface area contributed by atoms with Gasteiger partial charge in [0.05, 0.1) is 12.1 Å². The molecular weight excluding hydrogens is 414 g/mol. The number of rotatable bonds is 6. The lowest BCUT2D eigenvalue weighted by molar-refractivity contribution is -0.146. The van der Waals surface area contributed by atoms with Crippen LogP contribution in [-0.2, 0) is 11.2 Å². The summed E-state index contributed by atoms with van der Waals surface area (Å²) in [5.41, 5.74) is -0.154. The molecule has 1 fully saturated rings. The Kier molecular flexibility index (Phi) is 6.26. The summed E-state index contributed by atoms with van der Waals surface area (Å²) < 4.78 is 38.1. The molecule has 3 aromatic rings. The average Bonchev–Trinajstić information content (AvgIpc) is 3.25. The molecule has 1 aliphatic rings. The van der Waals surface area contributed by atoms with Crippen LogP contribution in [0.2, 0.25) is 0 Å². The van der Waals surface area contributed by atoms with E-state index in [1.165, 1.54) is 36.4 Å². The third-order valence-corrected chi connectivity index (χ3v) is 5.62. The number of carbonyl (C=O) groups excluding carboxylic acids is 1. The van der Waals surface area contributed by atoms with Crippen LogP contribution in [-0.4, -0.2) is 34.5 Å². The summed E-state index contributed by atoms with van der Waals surface area (Å²) in [6.07, 6.45) is 3.93. The Balaban J connectivity index is 1.40. The van der Waals surface area contributed by atoms with Gasteiger partial charge in [0.15, 0.2) is 11.5 Å². The van der Waals surface area contributed by atoms with Crippen molar-refractivity contribution in [1.82, 2.24) is 9.88 Å². The lowest BCUT2D eigenvalue weighted by atomic mass is 9.96. The van der Waals surface area contributed by atoms with Gasteiger partial charge in [-0.05, 0) is 68.7 Å². The predicted octanol–water partition coefficient (Wildman–Crippen LogP) is 5.11. The first-order chi connectivity index (χ1) is 15.3. The summed E-state index contributed by atoms with van der Waals surface area (Å²) in [6, 6.07) is 11.9. The van der Waals surface area contributed by atoms with E-state index in [2.05, 4.69) is 4.98 Å². The number of likely N-dealkylation sites (tertiary alicyclic amines) is 1. The SMILES string of the molecule is CC(C)(Oc1ccc(F)cc1)C(=O)N1CCCC(c2ncc(Cc3ccc(F)cc3)o2)C1. The third-order valence-electron chi connectivity index (χ3n) is 5.62. The van der Waals surface area contributed by atoms with Gasteiger partial charge in [-0.3, -0.25) is 4.79 Å². The van der Waals surface area contributed by atoms with Gasteiger partial charge in [-0.15, -0.1) is 0 Å². The smallest absolute Gasteiger partial charge is 0.266 e. The second-order valence-corrected chi connectivity index (χ2v) is 8.62. The minimum absolute atomic E-state index is 0.00344. The van der Waals surface area contributed by atoms with E-state index in [1.807, 2.05) is 0 Å². The zero-order valence-corrected chi connectivity index (χ0v) is 18.2. The largest absolute Gasteiger partial charge is 0.478 e. The first-order valence-electron chi connectivity index (χ1n) is 10.7. The number of hydrogen-bond acceptors (Lipinski definition) is 4. The number of halogens is 2. The minimum atomic E-state index is -1.09. The molecule has 2 heterocycles. The first-order valence-corrected chi connectivity index (χ1v) is 10.7. The number of benzene rings is 2. The summed E-state index contributed by atoms with van der Waals surface area (Å²) in [5.74, 6) is 0.986. The van der Waals surface area contributed by atoms with Gasteiger partial charge < -0.3 is 14.1 Å². The molecule has 0 aliphatic carbocycles. The van der Waals surface area contributed by atoms with Gasteiger partial charge in [-0.1, -0.05) is 12.1 Å². The van der Waals surface area contributed by atoms with E-state index in [1.54, 1.807) is 37.1 Å². The number of carbonyl (C=O) groups is 1. The molecule has 0 spiro atoms. The Morgan fingerprint density at radius 2 is 1.78 bits per heavy atom. The summed E-state index contributed by atoms with van der Waals surface area (Å²) in [7, 11) is 0. The van der Waals surface area contributed by atoms with Crippen molar-refractivity contribution in [1.29, 1.82) is 0 Å². The molecule has 1 unspecified atom stereocenters. The maximum absolute atomic E-state index is 13.2.